The van der Waals surface area contributed by atoms with Crippen LogP contribution in [-0.2, 0) is 23.9 Å². The van der Waals surface area contributed by atoms with Crippen molar-refractivity contribution >= 4 is 23.5 Å². The fourth-order valence-corrected chi connectivity index (χ4v) is 7.87. The molecule has 6 nitrogen and oxygen atoms in total. The normalized spacial score (nSPS) is 41.5. The van der Waals surface area contributed by atoms with Crippen LogP contribution in [0.5, 0.6) is 0 Å². The molecule has 170 valence electrons. The number of aliphatic carboxylic acids is 1. The summed E-state index contributed by atoms with van der Waals surface area (Å²) < 4.78 is 6.03. The van der Waals surface area contributed by atoms with Crippen molar-refractivity contribution in [2.24, 2.45) is 34.5 Å². The Labute approximate surface area is 183 Å². The summed E-state index contributed by atoms with van der Waals surface area (Å²) in [6.45, 7) is 6.09. The van der Waals surface area contributed by atoms with Crippen molar-refractivity contribution < 1.29 is 29.0 Å². The van der Waals surface area contributed by atoms with Gasteiger partial charge in [0.1, 0.15) is 11.9 Å². The van der Waals surface area contributed by atoms with Gasteiger partial charge in [-0.2, -0.15) is 0 Å². The number of ketones is 2. The Morgan fingerprint density at radius 3 is 2.55 bits per heavy atom. The number of hydrogen-bond acceptors (Lipinski definition) is 5. The fourth-order valence-electron chi connectivity index (χ4n) is 7.87. The molecule has 0 unspecified atom stereocenters. The maximum absolute atomic E-state index is 12.6. The van der Waals surface area contributed by atoms with Crippen molar-refractivity contribution in [3.8, 4) is 0 Å². The molecule has 4 aliphatic rings. The van der Waals surface area contributed by atoms with Gasteiger partial charge in [-0.1, -0.05) is 19.4 Å². The number of Topliss-reactive ketones (excluding diaryl/α,β-unsaturated/α-hetero) is 1. The highest BCUT2D eigenvalue weighted by Crippen LogP contribution is 2.67. The lowest BCUT2D eigenvalue weighted by Crippen LogP contribution is -2.58. The highest BCUT2D eigenvalue weighted by molar-refractivity contribution is 5.91. The van der Waals surface area contributed by atoms with Crippen LogP contribution in [0.15, 0.2) is 11.6 Å². The van der Waals surface area contributed by atoms with Gasteiger partial charge in [-0.05, 0) is 74.2 Å². The molecule has 4 aliphatic carbocycles. The minimum absolute atomic E-state index is 0.0173. The number of carboxylic acid groups (broad SMARTS) is 1. The van der Waals surface area contributed by atoms with Crippen LogP contribution >= 0.6 is 0 Å². The molecule has 0 saturated heterocycles. The zero-order chi connectivity index (χ0) is 22.6. The SMILES string of the molecule is CC(=O)[C@H]1CC[C@H]2[C@H]3CCC4=CC(=O)CC[C@]4(C)[C@@H]3[C@H](OC(=O)CCC(=O)O)C[C@]12C. The largest absolute Gasteiger partial charge is 0.481 e. The number of carbonyl (C=O) groups excluding carboxylic acids is 3. The molecule has 3 saturated carbocycles. The van der Waals surface area contributed by atoms with Crippen LogP contribution in [0.2, 0.25) is 0 Å². The van der Waals surface area contributed by atoms with Gasteiger partial charge in [0.25, 0.3) is 0 Å². The van der Waals surface area contributed by atoms with Gasteiger partial charge < -0.3 is 9.84 Å². The second-order valence-corrected chi connectivity index (χ2v) is 10.8. The first kappa shape index (κ1) is 22.2. The first-order chi connectivity index (χ1) is 14.6. The van der Waals surface area contributed by atoms with E-state index in [4.69, 9.17) is 9.84 Å². The van der Waals surface area contributed by atoms with E-state index in [-0.39, 0.29) is 53.2 Å². The minimum Gasteiger partial charge on any atom is -0.481 e. The van der Waals surface area contributed by atoms with E-state index >= 15 is 0 Å². The third-order valence-corrected chi connectivity index (χ3v) is 9.19. The summed E-state index contributed by atoms with van der Waals surface area (Å²) in [5.41, 5.74) is 0.790. The molecule has 3 fully saturated rings. The molecular formula is C25H34O6. The Balaban J connectivity index is 1.70. The Hall–Kier alpha value is -1.98. The second kappa shape index (κ2) is 7.86. The van der Waals surface area contributed by atoms with Crippen LogP contribution in [0.25, 0.3) is 0 Å². The predicted octanol–water partition coefficient (Wildman–Crippen LogP) is 4.11. The van der Waals surface area contributed by atoms with E-state index < -0.39 is 11.9 Å². The molecule has 0 radical (unpaired) electrons. The van der Waals surface area contributed by atoms with Crippen LogP contribution in [0, 0.1) is 34.5 Å². The number of hydrogen-bond donors (Lipinski definition) is 1. The van der Waals surface area contributed by atoms with Gasteiger partial charge in [0.2, 0.25) is 0 Å². The molecule has 0 spiro atoms. The number of allylic oxidation sites excluding steroid dienone is 1. The van der Waals surface area contributed by atoms with Gasteiger partial charge in [0.15, 0.2) is 5.78 Å². The Morgan fingerprint density at radius 2 is 1.87 bits per heavy atom. The second-order valence-electron chi connectivity index (χ2n) is 10.8. The van der Waals surface area contributed by atoms with Crippen molar-refractivity contribution in [3.05, 3.63) is 11.6 Å². The first-order valence-corrected chi connectivity index (χ1v) is 11.7. The molecule has 6 heteroatoms. The van der Waals surface area contributed by atoms with E-state index in [1.54, 1.807) is 6.92 Å². The monoisotopic (exact) mass is 430 g/mol. The Morgan fingerprint density at radius 1 is 1.13 bits per heavy atom. The number of carbonyl (C=O) groups is 4. The average molecular weight is 431 g/mol. The molecule has 0 bridgehead atoms. The molecule has 0 aliphatic heterocycles. The molecule has 0 heterocycles. The summed E-state index contributed by atoms with van der Waals surface area (Å²) >= 11 is 0. The van der Waals surface area contributed by atoms with Gasteiger partial charge in [0.05, 0.1) is 12.8 Å². The molecule has 7 atom stereocenters. The van der Waals surface area contributed by atoms with E-state index in [0.29, 0.717) is 24.7 Å². The summed E-state index contributed by atoms with van der Waals surface area (Å²) in [6, 6.07) is 0. The lowest BCUT2D eigenvalue weighted by molar-refractivity contribution is -0.178. The van der Waals surface area contributed by atoms with E-state index in [1.165, 1.54) is 5.57 Å². The van der Waals surface area contributed by atoms with Crippen LogP contribution in [-0.4, -0.2) is 34.7 Å². The van der Waals surface area contributed by atoms with E-state index in [9.17, 15) is 19.2 Å². The van der Waals surface area contributed by atoms with Crippen LogP contribution in [0.3, 0.4) is 0 Å². The lowest BCUT2D eigenvalue weighted by Gasteiger charge is -2.60. The molecular weight excluding hydrogens is 396 g/mol. The van der Waals surface area contributed by atoms with Crippen molar-refractivity contribution in [1.29, 1.82) is 0 Å². The van der Waals surface area contributed by atoms with E-state index in [2.05, 4.69) is 13.8 Å². The zero-order valence-corrected chi connectivity index (χ0v) is 18.8. The van der Waals surface area contributed by atoms with Gasteiger partial charge in [-0.25, -0.2) is 0 Å². The molecule has 0 amide bonds. The van der Waals surface area contributed by atoms with Crippen LogP contribution in [0.1, 0.15) is 78.6 Å². The highest BCUT2D eigenvalue weighted by Gasteiger charge is 2.63. The summed E-state index contributed by atoms with van der Waals surface area (Å²) in [5.74, 6) is -0.248. The number of fused-ring (bicyclic) bond motifs is 5. The topological polar surface area (TPSA) is 97.7 Å². The smallest absolute Gasteiger partial charge is 0.306 e. The van der Waals surface area contributed by atoms with Gasteiger partial charge >= 0.3 is 11.9 Å². The maximum Gasteiger partial charge on any atom is 0.306 e. The summed E-state index contributed by atoms with van der Waals surface area (Å²) in [5, 5.41) is 8.95. The number of esters is 1. The average Bonchev–Trinajstić information content (AvgIpc) is 3.03. The predicted molar refractivity (Wildman–Crippen MR) is 113 cm³/mol. The zero-order valence-electron chi connectivity index (χ0n) is 18.8. The van der Waals surface area contributed by atoms with Crippen molar-refractivity contribution in [1.82, 2.24) is 0 Å². The number of rotatable bonds is 5. The van der Waals surface area contributed by atoms with Crippen LogP contribution < -0.4 is 0 Å². The van der Waals surface area contributed by atoms with Crippen LogP contribution in [0.4, 0.5) is 0 Å². The van der Waals surface area contributed by atoms with Gasteiger partial charge in [0, 0.05) is 18.3 Å². The van der Waals surface area contributed by atoms with Gasteiger partial charge in [-0.3, -0.25) is 19.2 Å². The third-order valence-electron chi connectivity index (χ3n) is 9.19. The summed E-state index contributed by atoms with van der Waals surface area (Å²) in [7, 11) is 0. The number of ether oxygens (including phenoxy) is 1. The molecule has 4 rings (SSSR count). The maximum atomic E-state index is 12.6. The lowest BCUT2D eigenvalue weighted by atomic mass is 9.46. The molecule has 0 aromatic carbocycles. The van der Waals surface area contributed by atoms with E-state index in [1.807, 2.05) is 6.08 Å². The summed E-state index contributed by atoms with van der Waals surface area (Å²) in [6.07, 6.45) is 6.75. The highest BCUT2D eigenvalue weighted by atomic mass is 16.5. The first-order valence-electron chi connectivity index (χ1n) is 11.7. The van der Waals surface area contributed by atoms with Crippen molar-refractivity contribution in [3.63, 3.8) is 0 Å². The molecule has 0 aromatic heterocycles. The Bertz CT molecular complexity index is 843. The summed E-state index contributed by atoms with van der Waals surface area (Å²) in [4.78, 5) is 48.1. The van der Waals surface area contributed by atoms with Crippen molar-refractivity contribution in [2.75, 3.05) is 0 Å². The third kappa shape index (κ3) is 3.66. The fraction of sp³-hybridized carbons (Fsp3) is 0.760. The number of carboxylic acids is 1. The molecule has 0 aromatic rings. The molecule has 31 heavy (non-hydrogen) atoms. The van der Waals surface area contributed by atoms with Gasteiger partial charge in [-0.15, -0.1) is 0 Å². The Kier molecular flexibility index (Phi) is 5.63. The quantitative estimate of drug-likeness (QED) is 0.659. The minimum atomic E-state index is -1.02. The van der Waals surface area contributed by atoms with E-state index in [0.717, 1.165) is 32.1 Å². The standard InChI is InChI=1S/C25H34O6/c1-14(26)18-6-7-19-17-5-4-15-12-16(27)10-11-24(15,2)23(17)20(13-25(18,19)3)31-22(30)9-8-21(28)29/h12,17-20,23H,4-11,13H2,1-3H3,(H,28,29)/t17-,18-,19+,20-,23+,24+,25-/m1/s1. The molecule has 1 N–H and O–H groups in total. The van der Waals surface area contributed by atoms with Crippen molar-refractivity contribution in [2.45, 2.75) is 84.7 Å².